The first kappa shape index (κ1) is 20.8. The van der Waals surface area contributed by atoms with E-state index in [9.17, 15) is 14.7 Å². The van der Waals surface area contributed by atoms with Crippen molar-refractivity contribution in [2.75, 3.05) is 19.7 Å². The van der Waals surface area contributed by atoms with E-state index in [1.807, 2.05) is 18.2 Å². The summed E-state index contributed by atoms with van der Waals surface area (Å²) >= 11 is 5.93. The van der Waals surface area contributed by atoms with E-state index in [0.29, 0.717) is 17.9 Å². The molecule has 2 aromatic rings. The molecule has 0 aliphatic carbocycles. The second kappa shape index (κ2) is 8.76. The van der Waals surface area contributed by atoms with E-state index in [-0.39, 0.29) is 18.9 Å². The van der Waals surface area contributed by atoms with Crippen molar-refractivity contribution in [2.45, 2.75) is 37.6 Å². The number of nitrogens with zero attached hydrogens (tertiary/aromatic N) is 2. The maximum absolute atomic E-state index is 13.2. The highest BCUT2D eigenvalue weighted by atomic mass is 35.5. The van der Waals surface area contributed by atoms with Crippen LogP contribution in [0.3, 0.4) is 0 Å². The normalized spacial score (nSPS) is 21.1. The average molecular weight is 429 g/mol. The van der Waals surface area contributed by atoms with Gasteiger partial charge in [0, 0.05) is 37.5 Å². The van der Waals surface area contributed by atoms with Gasteiger partial charge in [-0.25, -0.2) is 4.79 Å². The van der Waals surface area contributed by atoms with Crippen LogP contribution in [0.2, 0.25) is 5.02 Å². The SMILES string of the molecule is O=C(O)C1COC2(CCN(Cc3ccccc3)CC2)N1C(=O)Cc1ccc(Cl)cc1. The zero-order valence-electron chi connectivity index (χ0n) is 16.7. The summed E-state index contributed by atoms with van der Waals surface area (Å²) in [5, 5.41) is 10.3. The summed E-state index contributed by atoms with van der Waals surface area (Å²) in [6.07, 6.45) is 1.31. The molecule has 6 nitrogen and oxygen atoms in total. The Balaban J connectivity index is 1.48. The smallest absolute Gasteiger partial charge is 0.328 e. The van der Waals surface area contributed by atoms with Crippen LogP contribution in [0.25, 0.3) is 0 Å². The van der Waals surface area contributed by atoms with Gasteiger partial charge in [0.1, 0.15) is 5.72 Å². The number of carbonyl (C=O) groups is 2. The summed E-state index contributed by atoms with van der Waals surface area (Å²) in [5.41, 5.74) is 1.19. The number of amides is 1. The maximum Gasteiger partial charge on any atom is 0.328 e. The quantitative estimate of drug-likeness (QED) is 0.792. The number of likely N-dealkylation sites (tertiary alicyclic amines) is 1. The van der Waals surface area contributed by atoms with Gasteiger partial charge < -0.3 is 9.84 Å². The number of halogens is 1. The highest BCUT2D eigenvalue weighted by Gasteiger charge is 2.53. The van der Waals surface area contributed by atoms with Crippen molar-refractivity contribution in [3.63, 3.8) is 0 Å². The third-order valence-corrected chi connectivity index (χ3v) is 6.22. The molecule has 4 rings (SSSR count). The number of ether oxygens (including phenoxy) is 1. The van der Waals surface area contributed by atoms with Gasteiger partial charge in [-0.1, -0.05) is 54.1 Å². The minimum absolute atomic E-state index is 0.0282. The Labute approximate surface area is 181 Å². The molecule has 2 aliphatic heterocycles. The molecule has 1 N–H and O–H groups in total. The van der Waals surface area contributed by atoms with E-state index >= 15 is 0 Å². The fourth-order valence-electron chi connectivity index (χ4n) is 4.39. The number of carboxylic acid groups (broad SMARTS) is 1. The Kier molecular flexibility index (Phi) is 6.09. The summed E-state index contributed by atoms with van der Waals surface area (Å²) < 4.78 is 6.02. The molecule has 0 aromatic heterocycles. The molecule has 1 spiro atoms. The predicted molar refractivity (Wildman–Crippen MR) is 113 cm³/mol. The lowest BCUT2D eigenvalue weighted by Crippen LogP contribution is -2.58. The summed E-state index contributed by atoms with van der Waals surface area (Å²) in [7, 11) is 0. The topological polar surface area (TPSA) is 70.1 Å². The first-order valence-corrected chi connectivity index (χ1v) is 10.5. The Bertz CT molecular complexity index is 895. The number of hydrogen-bond donors (Lipinski definition) is 1. The van der Waals surface area contributed by atoms with Crippen LogP contribution in [0.5, 0.6) is 0 Å². The molecule has 30 heavy (non-hydrogen) atoms. The van der Waals surface area contributed by atoms with E-state index in [2.05, 4.69) is 17.0 Å². The number of hydrogen-bond acceptors (Lipinski definition) is 4. The molecular formula is C23H25ClN2O4. The number of carbonyl (C=O) groups excluding carboxylic acids is 1. The van der Waals surface area contributed by atoms with Gasteiger partial charge in [0.15, 0.2) is 6.04 Å². The number of aliphatic carboxylic acids is 1. The lowest BCUT2D eigenvalue weighted by Gasteiger charge is -2.44. The molecule has 2 heterocycles. The zero-order valence-corrected chi connectivity index (χ0v) is 17.4. The molecule has 0 radical (unpaired) electrons. The van der Waals surface area contributed by atoms with Crippen LogP contribution in [0.15, 0.2) is 54.6 Å². The van der Waals surface area contributed by atoms with Crippen LogP contribution >= 0.6 is 11.6 Å². The third kappa shape index (κ3) is 4.36. The highest BCUT2D eigenvalue weighted by molar-refractivity contribution is 6.30. The zero-order chi connectivity index (χ0) is 21.1. The van der Waals surface area contributed by atoms with Crippen molar-refractivity contribution in [3.05, 3.63) is 70.7 Å². The molecule has 158 valence electrons. The first-order valence-electron chi connectivity index (χ1n) is 10.2. The number of benzene rings is 2. The van der Waals surface area contributed by atoms with Crippen molar-refractivity contribution in [1.29, 1.82) is 0 Å². The monoisotopic (exact) mass is 428 g/mol. The van der Waals surface area contributed by atoms with E-state index < -0.39 is 17.7 Å². The summed E-state index contributed by atoms with van der Waals surface area (Å²) in [5.74, 6) is -1.25. The molecule has 1 atom stereocenters. The van der Waals surface area contributed by atoms with E-state index in [4.69, 9.17) is 16.3 Å². The minimum Gasteiger partial charge on any atom is -0.480 e. The van der Waals surface area contributed by atoms with Gasteiger partial charge in [-0.15, -0.1) is 0 Å². The highest BCUT2D eigenvalue weighted by Crippen LogP contribution is 2.38. The van der Waals surface area contributed by atoms with Crippen molar-refractivity contribution in [3.8, 4) is 0 Å². The second-order valence-electron chi connectivity index (χ2n) is 7.94. The molecule has 0 bridgehead atoms. The van der Waals surface area contributed by atoms with Gasteiger partial charge in [-0.05, 0) is 23.3 Å². The standard InChI is InChI=1S/C23H25ClN2O4/c24-19-8-6-17(7-9-19)14-21(27)26-20(22(28)29)16-30-23(26)10-12-25(13-11-23)15-18-4-2-1-3-5-18/h1-9,20H,10-16H2,(H,28,29). The molecule has 0 saturated carbocycles. The van der Waals surface area contributed by atoms with Crippen molar-refractivity contribution < 1.29 is 19.4 Å². The fraction of sp³-hybridized carbons (Fsp3) is 0.391. The van der Waals surface area contributed by atoms with Gasteiger partial charge in [0.05, 0.1) is 13.0 Å². The lowest BCUT2D eigenvalue weighted by atomic mass is 9.96. The molecular weight excluding hydrogens is 404 g/mol. The van der Waals surface area contributed by atoms with Gasteiger partial charge >= 0.3 is 5.97 Å². The van der Waals surface area contributed by atoms with E-state index in [1.54, 1.807) is 24.3 Å². The van der Waals surface area contributed by atoms with E-state index in [0.717, 1.165) is 25.2 Å². The number of rotatable bonds is 5. The van der Waals surface area contributed by atoms with Crippen LogP contribution in [0.4, 0.5) is 0 Å². The van der Waals surface area contributed by atoms with Crippen LogP contribution in [0.1, 0.15) is 24.0 Å². The Morgan fingerprint density at radius 3 is 2.33 bits per heavy atom. The molecule has 1 unspecified atom stereocenters. The third-order valence-electron chi connectivity index (χ3n) is 5.97. The van der Waals surface area contributed by atoms with Crippen molar-refractivity contribution in [2.24, 2.45) is 0 Å². The minimum atomic E-state index is -1.02. The fourth-order valence-corrected chi connectivity index (χ4v) is 4.52. The lowest BCUT2D eigenvalue weighted by molar-refractivity contribution is -0.165. The summed E-state index contributed by atoms with van der Waals surface area (Å²) in [4.78, 5) is 28.8. The van der Waals surface area contributed by atoms with Gasteiger partial charge in [0.25, 0.3) is 0 Å². The van der Waals surface area contributed by atoms with E-state index in [1.165, 1.54) is 10.5 Å². The molecule has 1 amide bonds. The number of carboxylic acids is 1. The molecule has 2 aliphatic rings. The van der Waals surface area contributed by atoms with Crippen LogP contribution in [-0.2, 0) is 27.3 Å². The second-order valence-corrected chi connectivity index (χ2v) is 8.38. The average Bonchev–Trinajstić information content (AvgIpc) is 3.12. The molecule has 2 saturated heterocycles. The largest absolute Gasteiger partial charge is 0.480 e. The van der Waals surface area contributed by atoms with Crippen LogP contribution in [-0.4, -0.2) is 58.2 Å². The summed E-state index contributed by atoms with van der Waals surface area (Å²) in [6.45, 7) is 2.34. The molecule has 2 fully saturated rings. The van der Waals surface area contributed by atoms with Crippen LogP contribution < -0.4 is 0 Å². The Hall–Kier alpha value is -2.41. The van der Waals surface area contributed by atoms with Gasteiger partial charge in [-0.3, -0.25) is 14.6 Å². The predicted octanol–water partition coefficient (Wildman–Crippen LogP) is 3.19. The first-order chi connectivity index (χ1) is 14.5. The summed E-state index contributed by atoms with van der Waals surface area (Å²) in [6, 6.07) is 16.3. The maximum atomic E-state index is 13.2. The number of piperidine rings is 1. The van der Waals surface area contributed by atoms with Gasteiger partial charge in [0.2, 0.25) is 5.91 Å². The Morgan fingerprint density at radius 2 is 1.70 bits per heavy atom. The Morgan fingerprint density at radius 1 is 1.03 bits per heavy atom. The van der Waals surface area contributed by atoms with Crippen molar-refractivity contribution >= 4 is 23.5 Å². The van der Waals surface area contributed by atoms with Gasteiger partial charge in [-0.2, -0.15) is 0 Å². The van der Waals surface area contributed by atoms with Crippen LogP contribution in [0, 0.1) is 0 Å². The van der Waals surface area contributed by atoms with Crippen molar-refractivity contribution in [1.82, 2.24) is 9.80 Å². The molecule has 2 aromatic carbocycles. The molecule has 7 heteroatoms.